The molecule has 0 saturated heterocycles. The van der Waals surface area contributed by atoms with Crippen LogP contribution in [0.25, 0.3) is 0 Å². The first-order valence-electron chi connectivity index (χ1n) is 5.74. The average molecular weight is 207 g/mol. The number of hydrogen-bond donors (Lipinski definition) is 1. The van der Waals surface area contributed by atoms with Crippen LogP contribution in [-0.4, -0.2) is 6.04 Å². The predicted octanol–water partition coefficient (Wildman–Crippen LogP) is 2.89. The minimum Gasteiger partial charge on any atom is -0.328 e. The van der Waals surface area contributed by atoms with Crippen LogP contribution in [0.1, 0.15) is 31.2 Å². The molecular weight excluding hydrogens is 189 g/mol. The van der Waals surface area contributed by atoms with Crippen molar-refractivity contribution in [2.75, 3.05) is 0 Å². The molecule has 0 heterocycles. The van der Waals surface area contributed by atoms with Crippen molar-refractivity contribution in [3.63, 3.8) is 0 Å². The molecule has 1 aromatic rings. The molecule has 0 aromatic heterocycles. The van der Waals surface area contributed by atoms with Gasteiger partial charge in [-0.3, -0.25) is 0 Å². The summed E-state index contributed by atoms with van der Waals surface area (Å²) in [7, 11) is 0. The fraction of sp³-hybridized carbons (Fsp3) is 0.538. The van der Waals surface area contributed by atoms with Gasteiger partial charge in [0.2, 0.25) is 0 Å². The van der Waals surface area contributed by atoms with E-state index in [4.69, 9.17) is 5.73 Å². The van der Waals surface area contributed by atoms with Gasteiger partial charge in [-0.25, -0.2) is 4.39 Å². The first kappa shape index (κ1) is 10.6. The Labute approximate surface area is 90.5 Å². The lowest BCUT2D eigenvalue weighted by molar-refractivity contribution is 0.321. The molecule has 1 saturated carbocycles. The van der Waals surface area contributed by atoms with Crippen molar-refractivity contribution in [2.24, 2.45) is 11.7 Å². The van der Waals surface area contributed by atoms with E-state index in [0.29, 0.717) is 12.0 Å². The highest BCUT2D eigenvalue weighted by molar-refractivity contribution is 5.16. The minimum atomic E-state index is -0.154. The highest BCUT2D eigenvalue weighted by Gasteiger charge is 2.19. The van der Waals surface area contributed by atoms with Gasteiger partial charge in [-0.15, -0.1) is 0 Å². The first-order valence-corrected chi connectivity index (χ1v) is 5.74. The van der Waals surface area contributed by atoms with Crippen LogP contribution in [0.5, 0.6) is 0 Å². The fourth-order valence-corrected chi connectivity index (χ4v) is 2.47. The van der Waals surface area contributed by atoms with Gasteiger partial charge in [0.15, 0.2) is 0 Å². The zero-order chi connectivity index (χ0) is 10.7. The minimum absolute atomic E-state index is 0.154. The van der Waals surface area contributed by atoms with E-state index in [1.165, 1.54) is 37.0 Å². The maximum absolute atomic E-state index is 12.7. The third-order valence-corrected chi connectivity index (χ3v) is 3.26. The van der Waals surface area contributed by atoms with Crippen LogP contribution in [0.4, 0.5) is 4.39 Å². The van der Waals surface area contributed by atoms with Crippen molar-refractivity contribution in [1.82, 2.24) is 0 Å². The van der Waals surface area contributed by atoms with E-state index in [1.54, 1.807) is 0 Å². The van der Waals surface area contributed by atoms with Gasteiger partial charge >= 0.3 is 0 Å². The second-order valence-electron chi connectivity index (χ2n) is 4.62. The van der Waals surface area contributed by atoms with Crippen LogP contribution in [0.2, 0.25) is 0 Å². The number of rotatable bonds is 2. The Kier molecular flexibility index (Phi) is 3.37. The maximum atomic E-state index is 12.7. The Morgan fingerprint density at radius 1 is 1.20 bits per heavy atom. The van der Waals surface area contributed by atoms with Crippen molar-refractivity contribution < 1.29 is 4.39 Å². The van der Waals surface area contributed by atoms with E-state index in [-0.39, 0.29) is 5.82 Å². The third-order valence-electron chi connectivity index (χ3n) is 3.26. The number of halogens is 1. The molecule has 1 aliphatic carbocycles. The van der Waals surface area contributed by atoms with Gasteiger partial charge in [0.25, 0.3) is 0 Å². The second kappa shape index (κ2) is 4.75. The molecule has 2 rings (SSSR count). The summed E-state index contributed by atoms with van der Waals surface area (Å²) in [6.07, 6.45) is 5.85. The molecule has 2 N–H and O–H groups in total. The van der Waals surface area contributed by atoms with Crippen LogP contribution in [0.15, 0.2) is 24.3 Å². The second-order valence-corrected chi connectivity index (χ2v) is 4.62. The van der Waals surface area contributed by atoms with E-state index in [9.17, 15) is 4.39 Å². The monoisotopic (exact) mass is 207 g/mol. The summed E-state index contributed by atoms with van der Waals surface area (Å²) in [4.78, 5) is 0. The average Bonchev–Trinajstić information content (AvgIpc) is 2.22. The van der Waals surface area contributed by atoms with E-state index in [0.717, 1.165) is 12.8 Å². The van der Waals surface area contributed by atoms with Crippen LogP contribution in [-0.2, 0) is 6.42 Å². The molecule has 0 radical (unpaired) electrons. The van der Waals surface area contributed by atoms with Crippen molar-refractivity contribution >= 4 is 0 Å². The van der Waals surface area contributed by atoms with Crippen LogP contribution in [0, 0.1) is 11.7 Å². The van der Waals surface area contributed by atoms with Gasteiger partial charge < -0.3 is 5.73 Å². The van der Waals surface area contributed by atoms with E-state index in [1.807, 2.05) is 12.1 Å². The normalized spacial score (nSPS) is 26.5. The van der Waals surface area contributed by atoms with Crippen molar-refractivity contribution in [1.29, 1.82) is 0 Å². The smallest absolute Gasteiger partial charge is 0.123 e. The molecule has 0 amide bonds. The van der Waals surface area contributed by atoms with Crippen LogP contribution >= 0.6 is 0 Å². The van der Waals surface area contributed by atoms with Crippen molar-refractivity contribution in [2.45, 2.75) is 38.1 Å². The van der Waals surface area contributed by atoms with Gasteiger partial charge in [-0.1, -0.05) is 25.0 Å². The van der Waals surface area contributed by atoms with Gasteiger partial charge in [0.05, 0.1) is 0 Å². The molecule has 1 fully saturated rings. The first-order chi connectivity index (χ1) is 7.24. The Hall–Kier alpha value is -0.890. The number of nitrogens with two attached hydrogens (primary N) is 1. The zero-order valence-corrected chi connectivity index (χ0v) is 8.95. The molecule has 2 atom stereocenters. The lowest BCUT2D eigenvalue weighted by Crippen LogP contribution is -2.28. The van der Waals surface area contributed by atoms with Gasteiger partial charge in [-0.2, -0.15) is 0 Å². The van der Waals surface area contributed by atoms with E-state index < -0.39 is 0 Å². The summed E-state index contributed by atoms with van der Waals surface area (Å²) in [5.74, 6) is 0.540. The lowest BCUT2D eigenvalue weighted by atomic mass is 9.82. The Balaban J connectivity index is 1.93. The molecule has 15 heavy (non-hydrogen) atoms. The summed E-state index contributed by atoms with van der Waals surface area (Å²) in [6.45, 7) is 0. The Bertz CT molecular complexity index is 307. The fourth-order valence-electron chi connectivity index (χ4n) is 2.47. The summed E-state index contributed by atoms with van der Waals surface area (Å²) in [6, 6.07) is 7.23. The molecule has 0 spiro atoms. The molecule has 2 heteroatoms. The highest BCUT2D eigenvalue weighted by Crippen LogP contribution is 2.26. The lowest BCUT2D eigenvalue weighted by Gasteiger charge is -2.26. The summed E-state index contributed by atoms with van der Waals surface area (Å²) < 4.78 is 12.7. The topological polar surface area (TPSA) is 26.0 Å². The predicted molar refractivity (Wildman–Crippen MR) is 60.0 cm³/mol. The van der Waals surface area contributed by atoms with Crippen molar-refractivity contribution in [3.8, 4) is 0 Å². The quantitative estimate of drug-likeness (QED) is 0.792. The maximum Gasteiger partial charge on any atom is 0.123 e. The molecule has 0 bridgehead atoms. The number of hydrogen-bond acceptors (Lipinski definition) is 1. The van der Waals surface area contributed by atoms with E-state index in [2.05, 4.69) is 0 Å². The van der Waals surface area contributed by atoms with Crippen molar-refractivity contribution in [3.05, 3.63) is 35.6 Å². The molecule has 82 valence electrons. The molecule has 1 aliphatic rings. The molecule has 1 nitrogen and oxygen atoms in total. The molecule has 2 unspecified atom stereocenters. The Morgan fingerprint density at radius 2 is 1.93 bits per heavy atom. The van der Waals surface area contributed by atoms with E-state index >= 15 is 0 Å². The largest absolute Gasteiger partial charge is 0.328 e. The SMILES string of the molecule is NC1CCCC(Cc2ccc(F)cc2)C1. The standard InChI is InChI=1S/C13H18FN/c14-12-6-4-10(5-7-12)8-11-2-1-3-13(15)9-11/h4-7,11,13H,1-3,8-9,15H2. The number of benzene rings is 1. The summed E-state index contributed by atoms with van der Waals surface area (Å²) in [5.41, 5.74) is 7.17. The molecule has 0 aliphatic heterocycles. The van der Waals surface area contributed by atoms with Crippen LogP contribution < -0.4 is 5.73 Å². The highest BCUT2D eigenvalue weighted by atomic mass is 19.1. The Morgan fingerprint density at radius 3 is 2.60 bits per heavy atom. The third kappa shape index (κ3) is 3.03. The molecular formula is C13H18FN. The summed E-state index contributed by atoms with van der Waals surface area (Å²) >= 11 is 0. The zero-order valence-electron chi connectivity index (χ0n) is 8.95. The van der Waals surface area contributed by atoms with Gasteiger partial charge in [0.1, 0.15) is 5.82 Å². The van der Waals surface area contributed by atoms with Gasteiger partial charge in [-0.05, 0) is 42.9 Å². The van der Waals surface area contributed by atoms with Crippen LogP contribution in [0.3, 0.4) is 0 Å². The molecule has 1 aromatic carbocycles. The summed E-state index contributed by atoms with van der Waals surface area (Å²) in [5, 5.41) is 0. The van der Waals surface area contributed by atoms with Gasteiger partial charge in [0, 0.05) is 6.04 Å².